The third kappa shape index (κ3) is 2.64. The third-order valence-electron chi connectivity index (χ3n) is 3.66. The number of carboxylic acids is 1. The summed E-state index contributed by atoms with van der Waals surface area (Å²) in [5.41, 5.74) is -0.487. The van der Waals surface area contributed by atoms with Crippen LogP contribution in [0.5, 0.6) is 0 Å². The molecule has 108 valence electrons. The van der Waals surface area contributed by atoms with E-state index in [0.29, 0.717) is 19.3 Å². The molecule has 4 nitrogen and oxygen atoms in total. The first kappa shape index (κ1) is 14.4. The number of carbonyl (C=O) groups is 2. The molecule has 2 atom stereocenters. The van der Waals surface area contributed by atoms with Crippen LogP contribution in [0.25, 0.3) is 0 Å². The van der Waals surface area contributed by atoms with Gasteiger partial charge in [0.05, 0.1) is 5.92 Å². The van der Waals surface area contributed by atoms with Gasteiger partial charge in [0, 0.05) is 6.04 Å². The SMILES string of the molecule is Cc1ccc(F)c(C(=O)NC2CCCC2C(=O)O)c1F. The van der Waals surface area contributed by atoms with Crippen molar-refractivity contribution >= 4 is 11.9 Å². The molecule has 1 amide bonds. The highest BCUT2D eigenvalue weighted by Crippen LogP contribution is 2.26. The first-order chi connectivity index (χ1) is 9.41. The number of rotatable bonds is 3. The maximum absolute atomic E-state index is 13.8. The standard InChI is InChI=1S/C14H15F2NO3/c1-7-5-6-9(15)11(12(7)16)13(18)17-10-4-2-3-8(10)14(19)20/h5-6,8,10H,2-4H2,1H3,(H,17,18)(H,19,20). The maximum Gasteiger partial charge on any atom is 0.308 e. The van der Waals surface area contributed by atoms with Crippen molar-refractivity contribution in [3.63, 3.8) is 0 Å². The Kier molecular flexibility index (Phi) is 4.01. The van der Waals surface area contributed by atoms with Gasteiger partial charge in [0.15, 0.2) is 0 Å². The Morgan fingerprint density at radius 2 is 2.00 bits per heavy atom. The van der Waals surface area contributed by atoms with Crippen LogP contribution in [0.4, 0.5) is 8.78 Å². The van der Waals surface area contributed by atoms with Crippen LogP contribution in [-0.4, -0.2) is 23.0 Å². The summed E-state index contributed by atoms with van der Waals surface area (Å²) in [7, 11) is 0. The number of hydrogen-bond acceptors (Lipinski definition) is 2. The van der Waals surface area contributed by atoms with E-state index in [1.165, 1.54) is 13.0 Å². The first-order valence-electron chi connectivity index (χ1n) is 6.40. The lowest BCUT2D eigenvalue weighted by atomic mass is 10.0. The summed E-state index contributed by atoms with van der Waals surface area (Å²) in [6, 6.07) is 1.69. The van der Waals surface area contributed by atoms with E-state index in [4.69, 9.17) is 5.11 Å². The van der Waals surface area contributed by atoms with Crippen molar-refractivity contribution in [2.24, 2.45) is 5.92 Å². The molecular formula is C14H15F2NO3. The summed E-state index contributed by atoms with van der Waals surface area (Å²) in [5, 5.41) is 11.5. The van der Waals surface area contributed by atoms with Crippen LogP contribution in [0.15, 0.2) is 12.1 Å². The molecule has 0 radical (unpaired) electrons. The van der Waals surface area contributed by atoms with Gasteiger partial charge in [-0.25, -0.2) is 8.78 Å². The summed E-state index contributed by atoms with van der Waals surface area (Å²) in [6.07, 6.45) is 1.62. The highest BCUT2D eigenvalue weighted by Gasteiger charge is 2.35. The Labute approximate surface area is 114 Å². The van der Waals surface area contributed by atoms with Gasteiger partial charge in [-0.3, -0.25) is 9.59 Å². The lowest BCUT2D eigenvalue weighted by Gasteiger charge is -2.18. The number of nitrogens with one attached hydrogen (secondary N) is 1. The Morgan fingerprint density at radius 3 is 2.65 bits per heavy atom. The van der Waals surface area contributed by atoms with Crippen LogP contribution in [0.2, 0.25) is 0 Å². The van der Waals surface area contributed by atoms with Crippen molar-refractivity contribution in [1.82, 2.24) is 5.32 Å². The monoisotopic (exact) mass is 283 g/mol. The Balaban J connectivity index is 2.21. The van der Waals surface area contributed by atoms with Gasteiger partial charge in [-0.15, -0.1) is 0 Å². The van der Waals surface area contributed by atoms with Gasteiger partial charge in [0.2, 0.25) is 0 Å². The number of carboxylic acid groups (broad SMARTS) is 1. The highest BCUT2D eigenvalue weighted by molar-refractivity contribution is 5.95. The maximum atomic E-state index is 13.8. The largest absolute Gasteiger partial charge is 0.481 e. The van der Waals surface area contributed by atoms with Crippen molar-refractivity contribution in [3.05, 3.63) is 34.9 Å². The molecule has 0 bridgehead atoms. The number of hydrogen-bond donors (Lipinski definition) is 2. The lowest BCUT2D eigenvalue weighted by Crippen LogP contribution is -2.40. The average Bonchev–Trinajstić information content (AvgIpc) is 2.82. The zero-order chi connectivity index (χ0) is 14.9. The zero-order valence-electron chi connectivity index (χ0n) is 11.0. The molecule has 2 unspecified atom stereocenters. The van der Waals surface area contributed by atoms with E-state index in [2.05, 4.69) is 5.32 Å². The summed E-state index contributed by atoms with van der Waals surface area (Å²) >= 11 is 0. The zero-order valence-corrected chi connectivity index (χ0v) is 11.0. The predicted octanol–water partition coefficient (Wildman–Crippen LogP) is 2.26. The molecule has 20 heavy (non-hydrogen) atoms. The second kappa shape index (κ2) is 5.56. The van der Waals surface area contributed by atoms with Crippen molar-refractivity contribution in [2.75, 3.05) is 0 Å². The molecule has 1 fully saturated rings. The van der Waals surface area contributed by atoms with Gasteiger partial charge < -0.3 is 10.4 Å². The van der Waals surface area contributed by atoms with E-state index >= 15 is 0 Å². The molecule has 2 rings (SSSR count). The van der Waals surface area contributed by atoms with Crippen LogP contribution in [-0.2, 0) is 4.79 Å². The summed E-state index contributed by atoms with van der Waals surface area (Å²) < 4.78 is 27.4. The lowest BCUT2D eigenvalue weighted by molar-refractivity contribution is -0.142. The van der Waals surface area contributed by atoms with E-state index in [1.807, 2.05) is 0 Å². The Morgan fingerprint density at radius 1 is 1.30 bits per heavy atom. The molecule has 6 heteroatoms. The molecule has 2 N–H and O–H groups in total. The topological polar surface area (TPSA) is 66.4 Å². The molecule has 0 heterocycles. The fraction of sp³-hybridized carbons (Fsp3) is 0.429. The highest BCUT2D eigenvalue weighted by atomic mass is 19.1. The fourth-order valence-electron chi connectivity index (χ4n) is 2.53. The number of amides is 1. The number of halogens is 2. The van der Waals surface area contributed by atoms with E-state index in [-0.39, 0.29) is 5.56 Å². The molecule has 1 aliphatic rings. The number of aryl methyl sites for hydroxylation is 1. The van der Waals surface area contributed by atoms with Crippen molar-refractivity contribution < 1.29 is 23.5 Å². The molecule has 1 aromatic rings. The third-order valence-corrected chi connectivity index (χ3v) is 3.66. The smallest absolute Gasteiger partial charge is 0.308 e. The van der Waals surface area contributed by atoms with Crippen molar-refractivity contribution in [2.45, 2.75) is 32.2 Å². The number of aliphatic carboxylic acids is 1. The van der Waals surface area contributed by atoms with E-state index < -0.39 is 41.0 Å². The number of benzene rings is 1. The van der Waals surface area contributed by atoms with E-state index in [0.717, 1.165) is 6.07 Å². The van der Waals surface area contributed by atoms with Gasteiger partial charge in [-0.1, -0.05) is 12.5 Å². The van der Waals surface area contributed by atoms with E-state index in [1.54, 1.807) is 0 Å². The minimum Gasteiger partial charge on any atom is -0.481 e. The van der Waals surface area contributed by atoms with Gasteiger partial charge in [-0.2, -0.15) is 0 Å². The fourth-order valence-corrected chi connectivity index (χ4v) is 2.53. The Bertz CT molecular complexity index is 560. The quantitative estimate of drug-likeness (QED) is 0.894. The number of carbonyl (C=O) groups excluding carboxylic acids is 1. The van der Waals surface area contributed by atoms with Gasteiger partial charge in [0.1, 0.15) is 17.2 Å². The molecule has 1 saturated carbocycles. The van der Waals surface area contributed by atoms with E-state index in [9.17, 15) is 18.4 Å². The molecule has 0 saturated heterocycles. The normalized spacial score (nSPS) is 21.8. The van der Waals surface area contributed by atoms with Crippen LogP contribution < -0.4 is 5.32 Å². The summed E-state index contributed by atoms with van der Waals surface area (Å²) in [5.74, 6) is -4.46. The van der Waals surface area contributed by atoms with Crippen LogP contribution in [0.1, 0.15) is 35.2 Å². The average molecular weight is 283 g/mol. The molecule has 1 aliphatic carbocycles. The second-order valence-electron chi connectivity index (χ2n) is 5.01. The van der Waals surface area contributed by atoms with Gasteiger partial charge in [-0.05, 0) is 31.4 Å². The first-order valence-corrected chi connectivity index (χ1v) is 6.40. The van der Waals surface area contributed by atoms with Crippen molar-refractivity contribution in [3.8, 4) is 0 Å². The molecule has 0 spiro atoms. The van der Waals surface area contributed by atoms with Gasteiger partial charge in [0.25, 0.3) is 5.91 Å². The molecular weight excluding hydrogens is 268 g/mol. The molecule has 0 aliphatic heterocycles. The van der Waals surface area contributed by atoms with Crippen LogP contribution in [0, 0.1) is 24.5 Å². The minimum absolute atomic E-state index is 0.165. The predicted molar refractivity (Wildman–Crippen MR) is 67.3 cm³/mol. The minimum atomic E-state index is -1.00. The van der Waals surface area contributed by atoms with Crippen LogP contribution in [0.3, 0.4) is 0 Å². The second-order valence-corrected chi connectivity index (χ2v) is 5.01. The molecule has 0 aromatic heterocycles. The van der Waals surface area contributed by atoms with Crippen molar-refractivity contribution in [1.29, 1.82) is 0 Å². The molecule has 1 aromatic carbocycles. The van der Waals surface area contributed by atoms with Gasteiger partial charge >= 0.3 is 5.97 Å². The summed E-state index contributed by atoms with van der Waals surface area (Å²) in [6.45, 7) is 1.43. The van der Waals surface area contributed by atoms with Crippen LogP contribution >= 0.6 is 0 Å². The summed E-state index contributed by atoms with van der Waals surface area (Å²) in [4.78, 5) is 23.0. The Hall–Kier alpha value is -1.98.